The lowest BCUT2D eigenvalue weighted by Crippen LogP contribution is -2.13. The molecule has 3 aromatic rings. The highest BCUT2D eigenvalue weighted by Crippen LogP contribution is 2.26. The number of amides is 1. The van der Waals surface area contributed by atoms with Gasteiger partial charge in [0.25, 0.3) is 11.1 Å². The summed E-state index contributed by atoms with van der Waals surface area (Å²) < 4.78 is 10.7. The van der Waals surface area contributed by atoms with Gasteiger partial charge in [0, 0.05) is 10.7 Å². The molecule has 0 aliphatic carbocycles. The van der Waals surface area contributed by atoms with Crippen LogP contribution >= 0.6 is 23.4 Å². The summed E-state index contributed by atoms with van der Waals surface area (Å²) in [5, 5.41) is 11.6. The smallest absolute Gasteiger partial charge is 0.277 e. The van der Waals surface area contributed by atoms with E-state index in [2.05, 4.69) is 15.5 Å². The molecule has 23 heavy (non-hydrogen) atoms. The Hall–Kier alpha value is -2.25. The van der Waals surface area contributed by atoms with Gasteiger partial charge >= 0.3 is 0 Å². The van der Waals surface area contributed by atoms with Gasteiger partial charge in [-0.1, -0.05) is 23.4 Å². The highest BCUT2D eigenvalue weighted by atomic mass is 35.5. The Morgan fingerprint density at radius 3 is 2.74 bits per heavy atom. The molecule has 0 fully saturated rings. The number of hydrogen-bond donors (Lipinski definition) is 1. The Kier molecular flexibility index (Phi) is 4.68. The van der Waals surface area contributed by atoms with Gasteiger partial charge < -0.3 is 14.2 Å². The van der Waals surface area contributed by atoms with Crippen LogP contribution in [0.1, 0.15) is 5.76 Å². The molecule has 0 saturated carbocycles. The first-order valence-corrected chi connectivity index (χ1v) is 8.04. The van der Waals surface area contributed by atoms with Crippen LogP contribution in [-0.2, 0) is 4.79 Å². The number of nitrogens with one attached hydrogen (secondary N) is 1. The number of furan rings is 1. The van der Waals surface area contributed by atoms with Gasteiger partial charge in [-0.05, 0) is 37.3 Å². The van der Waals surface area contributed by atoms with Crippen LogP contribution in [0.5, 0.6) is 0 Å². The molecule has 1 N–H and O–H groups in total. The zero-order valence-corrected chi connectivity index (χ0v) is 13.6. The Bertz CT molecular complexity index is 813. The first-order chi connectivity index (χ1) is 11.1. The number of hydrogen-bond acceptors (Lipinski definition) is 6. The highest BCUT2D eigenvalue weighted by Gasteiger charge is 2.14. The van der Waals surface area contributed by atoms with Crippen LogP contribution in [0.25, 0.3) is 11.5 Å². The summed E-state index contributed by atoms with van der Waals surface area (Å²) in [5.41, 5.74) is 1.43. The maximum atomic E-state index is 11.9. The van der Waals surface area contributed by atoms with Crippen LogP contribution in [0.3, 0.4) is 0 Å². The molecule has 8 heteroatoms. The van der Waals surface area contributed by atoms with E-state index in [1.54, 1.807) is 36.6 Å². The Morgan fingerprint density at radius 1 is 1.26 bits per heavy atom. The summed E-state index contributed by atoms with van der Waals surface area (Å²) in [6, 6.07) is 8.64. The molecule has 0 saturated heterocycles. The van der Waals surface area contributed by atoms with Crippen LogP contribution in [-0.4, -0.2) is 21.9 Å². The Morgan fingerprint density at radius 2 is 2.04 bits per heavy atom. The summed E-state index contributed by atoms with van der Waals surface area (Å²) in [7, 11) is 0. The maximum absolute atomic E-state index is 11.9. The normalized spacial score (nSPS) is 10.7. The molecule has 0 unspecified atom stereocenters. The van der Waals surface area contributed by atoms with Gasteiger partial charge in [-0.2, -0.15) is 0 Å². The van der Waals surface area contributed by atoms with Crippen molar-refractivity contribution in [2.45, 2.75) is 12.1 Å². The summed E-state index contributed by atoms with van der Waals surface area (Å²) in [5.74, 6) is 1.06. The second kappa shape index (κ2) is 6.89. The molecule has 1 amide bonds. The standard InChI is InChI=1S/C15H12ClN3O3S/c1-9-12(6-7-21-9)14-18-19-15(22-14)23-8-13(20)17-11-4-2-10(16)3-5-11/h2-7H,8H2,1H3,(H,17,20). The van der Waals surface area contributed by atoms with E-state index in [1.807, 2.05) is 6.92 Å². The third-order valence-electron chi connectivity index (χ3n) is 2.95. The van der Waals surface area contributed by atoms with Gasteiger partial charge in [-0.25, -0.2) is 0 Å². The number of benzene rings is 1. The molecule has 2 heterocycles. The Balaban J connectivity index is 1.56. The van der Waals surface area contributed by atoms with Gasteiger partial charge in [0.05, 0.1) is 17.6 Å². The lowest BCUT2D eigenvalue weighted by atomic mass is 10.3. The van der Waals surface area contributed by atoms with Crippen LogP contribution < -0.4 is 5.32 Å². The SMILES string of the molecule is Cc1occc1-c1nnc(SCC(=O)Nc2ccc(Cl)cc2)o1. The lowest BCUT2D eigenvalue weighted by Gasteiger charge is -2.03. The molecular weight excluding hydrogens is 338 g/mol. The van der Waals surface area contributed by atoms with Gasteiger partial charge in [0.2, 0.25) is 5.91 Å². The van der Waals surface area contributed by atoms with Crippen LogP contribution in [0.4, 0.5) is 5.69 Å². The summed E-state index contributed by atoms with van der Waals surface area (Å²) in [6.45, 7) is 1.81. The van der Waals surface area contributed by atoms with E-state index in [0.717, 1.165) is 5.56 Å². The predicted molar refractivity (Wildman–Crippen MR) is 87.5 cm³/mol. The number of anilines is 1. The minimum Gasteiger partial charge on any atom is -0.469 e. The van der Waals surface area contributed by atoms with Gasteiger partial charge in [-0.3, -0.25) is 4.79 Å². The van der Waals surface area contributed by atoms with Crippen molar-refractivity contribution >= 4 is 35.0 Å². The molecule has 0 bridgehead atoms. The molecule has 1 aromatic carbocycles. The van der Waals surface area contributed by atoms with Crippen molar-refractivity contribution in [3.63, 3.8) is 0 Å². The van der Waals surface area contributed by atoms with E-state index in [4.69, 9.17) is 20.4 Å². The third kappa shape index (κ3) is 3.94. The number of carbonyl (C=O) groups excluding carboxylic acids is 1. The van der Waals surface area contributed by atoms with E-state index in [9.17, 15) is 4.79 Å². The van der Waals surface area contributed by atoms with E-state index >= 15 is 0 Å². The summed E-state index contributed by atoms with van der Waals surface area (Å²) >= 11 is 6.96. The zero-order valence-electron chi connectivity index (χ0n) is 12.1. The Labute approximate surface area is 141 Å². The number of rotatable bonds is 5. The average molecular weight is 350 g/mol. The van der Waals surface area contributed by atoms with E-state index in [1.165, 1.54) is 11.8 Å². The maximum Gasteiger partial charge on any atom is 0.277 e. The third-order valence-corrected chi connectivity index (χ3v) is 4.02. The molecule has 0 aliphatic heterocycles. The topological polar surface area (TPSA) is 81.2 Å². The number of nitrogens with zero attached hydrogens (tertiary/aromatic N) is 2. The van der Waals surface area contributed by atoms with E-state index < -0.39 is 0 Å². The minimum atomic E-state index is -0.170. The summed E-state index contributed by atoms with van der Waals surface area (Å²) in [6.07, 6.45) is 1.56. The number of halogens is 1. The second-order valence-corrected chi connectivity index (χ2v) is 5.97. The fourth-order valence-corrected chi connectivity index (χ4v) is 2.53. The largest absolute Gasteiger partial charge is 0.469 e. The molecule has 118 valence electrons. The van der Waals surface area contributed by atoms with Crippen LogP contribution in [0.15, 0.2) is 50.7 Å². The molecule has 0 radical (unpaired) electrons. The molecule has 6 nitrogen and oxygen atoms in total. The molecule has 0 aliphatic rings. The van der Waals surface area contributed by atoms with Crippen molar-refractivity contribution in [1.82, 2.24) is 10.2 Å². The van der Waals surface area contributed by atoms with Crippen molar-refractivity contribution in [3.05, 3.63) is 47.4 Å². The minimum absolute atomic E-state index is 0.161. The summed E-state index contributed by atoms with van der Waals surface area (Å²) in [4.78, 5) is 11.9. The molecule has 3 rings (SSSR count). The fraction of sp³-hybridized carbons (Fsp3) is 0.133. The van der Waals surface area contributed by atoms with Crippen LogP contribution in [0.2, 0.25) is 5.02 Å². The van der Waals surface area contributed by atoms with E-state index in [-0.39, 0.29) is 11.7 Å². The molecule has 0 spiro atoms. The first kappa shape index (κ1) is 15.6. The fourth-order valence-electron chi connectivity index (χ4n) is 1.84. The molecular formula is C15H12ClN3O3S. The number of carbonyl (C=O) groups is 1. The van der Waals surface area contributed by atoms with Crippen molar-refractivity contribution in [3.8, 4) is 11.5 Å². The predicted octanol–water partition coefficient (Wildman–Crippen LogP) is 4.02. The van der Waals surface area contributed by atoms with Crippen LogP contribution in [0, 0.1) is 6.92 Å². The number of aromatic nitrogens is 2. The van der Waals surface area contributed by atoms with Crippen molar-refractivity contribution in [1.29, 1.82) is 0 Å². The van der Waals surface area contributed by atoms with Gasteiger partial charge in [-0.15, -0.1) is 10.2 Å². The number of aryl methyl sites for hydroxylation is 1. The van der Waals surface area contributed by atoms with Crippen molar-refractivity contribution < 1.29 is 13.6 Å². The zero-order chi connectivity index (χ0) is 16.2. The lowest BCUT2D eigenvalue weighted by molar-refractivity contribution is -0.113. The monoisotopic (exact) mass is 349 g/mol. The van der Waals surface area contributed by atoms with E-state index in [0.29, 0.717) is 27.6 Å². The van der Waals surface area contributed by atoms with Gasteiger partial charge in [0.15, 0.2) is 0 Å². The molecule has 0 atom stereocenters. The molecule has 2 aromatic heterocycles. The highest BCUT2D eigenvalue weighted by molar-refractivity contribution is 7.99. The average Bonchev–Trinajstić information content (AvgIpc) is 3.16. The second-order valence-electron chi connectivity index (χ2n) is 4.61. The van der Waals surface area contributed by atoms with Crippen molar-refractivity contribution in [2.24, 2.45) is 0 Å². The quantitative estimate of drug-likeness (QED) is 0.700. The number of thioether (sulfide) groups is 1. The first-order valence-electron chi connectivity index (χ1n) is 6.68. The van der Waals surface area contributed by atoms with Crippen molar-refractivity contribution in [2.75, 3.05) is 11.1 Å². The van der Waals surface area contributed by atoms with Gasteiger partial charge in [0.1, 0.15) is 5.76 Å².